The SMILES string of the molecule is COc1ccc(C2C(C(=O)c3cc4cccc(OC)c4o3)=C(O)C(=O)N2c2nnc(SCc3ccc(C)cc3)s2)cc1OC. The number of para-hydroxylation sites is 1. The quantitative estimate of drug-likeness (QED) is 0.101. The number of ketones is 1. The summed E-state index contributed by atoms with van der Waals surface area (Å²) in [7, 11) is 4.50. The normalized spacial score (nSPS) is 14.9. The molecule has 12 heteroatoms. The molecule has 0 saturated carbocycles. The number of anilines is 1. The first-order valence-electron chi connectivity index (χ1n) is 13.4. The molecule has 1 N–H and O–H groups in total. The number of Topliss-reactive ketones (excluding diaryl/α,β-unsaturated/α-hetero) is 1. The average molecular weight is 630 g/mol. The molecule has 1 aliphatic heterocycles. The van der Waals surface area contributed by atoms with E-state index in [1.54, 1.807) is 42.5 Å². The molecule has 0 aliphatic carbocycles. The highest BCUT2D eigenvalue weighted by atomic mass is 32.2. The minimum absolute atomic E-state index is 0.0576. The molecule has 3 heterocycles. The van der Waals surface area contributed by atoms with Crippen LogP contribution in [0, 0.1) is 6.92 Å². The topological polar surface area (TPSA) is 124 Å². The Balaban J connectivity index is 1.40. The Morgan fingerprint density at radius 1 is 0.977 bits per heavy atom. The van der Waals surface area contributed by atoms with Crippen LogP contribution in [0.1, 0.15) is 33.3 Å². The van der Waals surface area contributed by atoms with Gasteiger partial charge in [0.2, 0.25) is 10.9 Å². The number of methoxy groups -OCH3 is 3. The predicted octanol–water partition coefficient (Wildman–Crippen LogP) is 6.69. The zero-order valence-electron chi connectivity index (χ0n) is 24.2. The van der Waals surface area contributed by atoms with Crippen molar-refractivity contribution < 1.29 is 33.3 Å². The smallest absolute Gasteiger partial charge is 0.296 e. The molecule has 1 atom stereocenters. The summed E-state index contributed by atoms with van der Waals surface area (Å²) in [6.45, 7) is 2.03. The standard InChI is InChI=1S/C32H27N3O7S2/c1-17-8-10-18(11-9-17)16-43-32-34-33-31(44-32)35-26(19-12-13-21(39-2)23(14-19)41-4)25(28(37)30(35)38)27(36)24-15-20-6-5-7-22(40-3)29(20)42-24/h5-15,26,37H,16H2,1-4H3. The number of nitrogens with zero attached hydrogens (tertiary/aromatic N) is 3. The number of amides is 1. The summed E-state index contributed by atoms with van der Waals surface area (Å²) in [6, 6.07) is 19.0. The van der Waals surface area contributed by atoms with Crippen LogP contribution < -0.4 is 19.1 Å². The number of benzene rings is 3. The number of hydrogen-bond donors (Lipinski definition) is 1. The first-order chi connectivity index (χ1) is 21.3. The predicted molar refractivity (Wildman–Crippen MR) is 167 cm³/mol. The third kappa shape index (κ3) is 5.26. The lowest BCUT2D eigenvalue weighted by Crippen LogP contribution is -2.31. The van der Waals surface area contributed by atoms with E-state index in [0.29, 0.717) is 43.9 Å². The van der Waals surface area contributed by atoms with Crippen LogP contribution in [-0.2, 0) is 10.5 Å². The van der Waals surface area contributed by atoms with Crippen molar-refractivity contribution in [3.8, 4) is 17.2 Å². The summed E-state index contributed by atoms with van der Waals surface area (Å²) in [6.07, 6.45) is 0. The molecule has 2 aromatic heterocycles. The molecule has 44 heavy (non-hydrogen) atoms. The summed E-state index contributed by atoms with van der Waals surface area (Å²) in [5.74, 6) is -0.249. The van der Waals surface area contributed by atoms with Crippen LogP contribution >= 0.6 is 23.1 Å². The number of thioether (sulfide) groups is 1. The molecule has 0 bridgehead atoms. The lowest BCUT2D eigenvalue weighted by molar-refractivity contribution is -0.117. The largest absolute Gasteiger partial charge is 0.503 e. The van der Waals surface area contributed by atoms with Crippen LogP contribution in [0.15, 0.2) is 86.8 Å². The summed E-state index contributed by atoms with van der Waals surface area (Å²) >= 11 is 2.67. The van der Waals surface area contributed by atoms with Crippen LogP contribution in [0.5, 0.6) is 17.2 Å². The number of carbonyl (C=O) groups excluding carboxylic acids is 2. The van der Waals surface area contributed by atoms with Crippen LogP contribution in [0.3, 0.4) is 0 Å². The maximum Gasteiger partial charge on any atom is 0.296 e. The Labute approximate surface area is 260 Å². The zero-order valence-corrected chi connectivity index (χ0v) is 25.8. The van der Waals surface area contributed by atoms with Gasteiger partial charge in [-0.25, -0.2) is 0 Å². The van der Waals surface area contributed by atoms with E-state index in [2.05, 4.69) is 22.3 Å². The second kappa shape index (κ2) is 12.1. The van der Waals surface area contributed by atoms with Crippen LogP contribution in [0.4, 0.5) is 5.13 Å². The molecular formula is C32H27N3O7S2. The van der Waals surface area contributed by atoms with Gasteiger partial charge in [-0.1, -0.05) is 71.1 Å². The minimum Gasteiger partial charge on any atom is -0.503 e. The van der Waals surface area contributed by atoms with Gasteiger partial charge in [0.15, 0.2) is 38.7 Å². The molecule has 224 valence electrons. The number of hydrogen-bond acceptors (Lipinski definition) is 11. The van der Waals surface area contributed by atoms with E-state index in [1.807, 2.05) is 19.1 Å². The second-order valence-corrected chi connectivity index (χ2v) is 12.1. The Morgan fingerprint density at radius 3 is 2.45 bits per heavy atom. The van der Waals surface area contributed by atoms with Gasteiger partial charge in [0.05, 0.1) is 32.9 Å². The number of aliphatic hydroxyl groups excluding tert-OH is 1. The highest BCUT2D eigenvalue weighted by molar-refractivity contribution is 8.00. The molecule has 0 spiro atoms. The van der Waals surface area contributed by atoms with E-state index >= 15 is 0 Å². The van der Waals surface area contributed by atoms with E-state index in [4.69, 9.17) is 18.6 Å². The number of furan rings is 1. The molecule has 10 nitrogen and oxygen atoms in total. The molecule has 1 aliphatic rings. The number of aliphatic hydroxyl groups is 1. The van der Waals surface area contributed by atoms with Crippen molar-refractivity contribution in [2.24, 2.45) is 0 Å². The average Bonchev–Trinajstić information content (AvgIpc) is 3.76. The van der Waals surface area contributed by atoms with Gasteiger partial charge in [-0.2, -0.15) is 0 Å². The minimum atomic E-state index is -1.06. The van der Waals surface area contributed by atoms with Crippen molar-refractivity contribution in [1.29, 1.82) is 0 Å². The Bertz CT molecular complexity index is 1910. The molecule has 1 amide bonds. The van der Waals surface area contributed by atoms with Gasteiger partial charge in [-0.05, 0) is 42.3 Å². The number of aryl methyl sites for hydroxylation is 1. The second-order valence-electron chi connectivity index (χ2n) is 9.90. The number of ether oxygens (including phenoxy) is 3. The Morgan fingerprint density at radius 2 is 1.73 bits per heavy atom. The zero-order chi connectivity index (χ0) is 31.0. The molecule has 1 unspecified atom stereocenters. The number of carbonyl (C=O) groups is 2. The molecular weight excluding hydrogens is 603 g/mol. The highest BCUT2D eigenvalue weighted by Crippen LogP contribution is 2.46. The molecule has 3 aromatic carbocycles. The van der Waals surface area contributed by atoms with Crippen molar-refractivity contribution in [2.45, 2.75) is 23.1 Å². The van der Waals surface area contributed by atoms with E-state index in [9.17, 15) is 14.7 Å². The number of aromatic nitrogens is 2. The first-order valence-corrected chi connectivity index (χ1v) is 15.2. The van der Waals surface area contributed by atoms with Gasteiger partial charge in [0.25, 0.3) is 5.91 Å². The van der Waals surface area contributed by atoms with Crippen LogP contribution in [0.25, 0.3) is 11.0 Å². The van der Waals surface area contributed by atoms with Gasteiger partial charge in [-0.15, -0.1) is 10.2 Å². The fraction of sp³-hybridized carbons (Fsp3) is 0.188. The lowest BCUT2D eigenvalue weighted by Gasteiger charge is -2.24. The van der Waals surface area contributed by atoms with E-state index < -0.39 is 23.5 Å². The number of fused-ring (bicyclic) bond motifs is 1. The maximum atomic E-state index is 14.1. The van der Waals surface area contributed by atoms with Crippen molar-refractivity contribution in [3.63, 3.8) is 0 Å². The highest BCUT2D eigenvalue weighted by Gasteiger charge is 2.47. The maximum absolute atomic E-state index is 14.1. The van der Waals surface area contributed by atoms with Crippen molar-refractivity contribution >= 4 is 50.9 Å². The van der Waals surface area contributed by atoms with Gasteiger partial charge in [0, 0.05) is 11.1 Å². The van der Waals surface area contributed by atoms with Gasteiger partial charge in [-0.3, -0.25) is 14.5 Å². The fourth-order valence-corrected chi connectivity index (χ4v) is 6.83. The molecule has 0 saturated heterocycles. The summed E-state index contributed by atoms with van der Waals surface area (Å²) < 4.78 is 22.8. The summed E-state index contributed by atoms with van der Waals surface area (Å²) in [5.41, 5.74) is 2.99. The first kappa shape index (κ1) is 29.3. The van der Waals surface area contributed by atoms with Crippen LogP contribution in [0.2, 0.25) is 0 Å². The Kier molecular flexibility index (Phi) is 8.02. The van der Waals surface area contributed by atoms with Crippen molar-refractivity contribution in [2.75, 3.05) is 26.2 Å². The van der Waals surface area contributed by atoms with Crippen molar-refractivity contribution in [3.05, 3.63) is 101 Å². The van der Waals surface area contributed by atoms with E-state index in [0.717, 1.165) is 5.56 Å². The molecule has 5 aromatic rings. The van der Waals surface area contributed by atoms with E-state index in [-0.39, 0.29) is 16.5 Å². The number of rotatable bonds is 10. The lowest BCUT2D eigenvalue weighted by atomic mass is 9.95. The monoisotopic (exact) mass is 629 g/mol. The fourth-order valence-electron chi connectivity index (χ4n) is 5.00. The summed E-state index contributed by atoms with van der Waals surface area (Å²) in [4.78, 5) is 29.1. The molecule has 0 fully saturated rings. The van der Waals surface area contributed by atoms with Crippen LogP contribution in [-0.4, -0.2) is 48.3 Å². The molecule has 6 rings (SSSR count). The van der Waals surface area contributed by atoms with Crippen molar-refractivity contribution in [1.82, 2.24) is 10.2 Å². The molecule has 0 radical (unpaired) electrons. The third-order valence-electron chi connectivity index (χ3n) is 7.21. The van der Waals surface area contributed by atoms with E-state index in [1.165, 1.54) is 54.9 Å². The summed E-state index contributed by atoms with van der Waals surface area (Å²) in [5, 5.41) is 20.7. The van der Waals surface area contributed by atoms with Gasteiger partial charge in [0.1, 0.15) is 0 Å². The third-order valence-corrected chi connectivity index (χ3v) is 9.34. The Hall–Kier alpha value is -4.81. The van der Waals surface area contributed by atoms with Gasteiger partial charge < -0.3 is 23.7 Å². The van der Waals surface area contributed by atoms with Gasteiger partial charge >= 0.3 is 0 Å².